The summed E-state index contributed by atoms with van der Waals surface area (Å²) in [6.45, 7) is 3.32. The molecule has 0 fully saturated rings. The molecule has 0 aliphatic carbocycles. The number of hydrogen-bond acceptors (Lipinski definition) is 5. The van der Waals surface area contributed by atoms with Gasteiger partial charge < -0.3 is 14.6 Å². The molecule has 0 radical (unpaired) electrons. The standard InChI is InChI=1S/C14H14O6/c1-3-5-7-19-13(17)10-11(9-12(15)16)14(18)20-8-6-4-2/h3-4,7-8,10H,9H2,1-2H3,(H,15,16). The summed E-state index contributed by atoms with van der Waals surface area (Å²) in [6, 6.07) is 0. The topological polar surface area (TPSA) is 89.9 Å². The van der Waals surface area contributed by atoms with Crippen LogP contribution in [-0.2, 0) is 23.9 Å². The van der Waals surface area contributed by atoms with E-state index in [0.717, 1.165) is 18.6 Å². The summed E-state index contributed by atoms with van der Waals surface area (Å²) in [5.41, 5.74) is 4.63. The quantitative estimate of drug-likeness (QED) is 0.345. The molecule has 0 saturated carbocycles. The largest absolute Gasteiger partial charge is 0.481 e. The summed E-state index contributed by atoms with van der Waals surface area (Å²) in [5, 5.41) is 8.67. The second kappa shape index (κ2) is 10.1. The number of hydrogen-bond donors (Lipinski definition) is 1. The van der Waals surface area contributed by atoms with Crippen LogP contribution in [0.15, 0.2) is 47.8 Å². The van der Waals surface area contributed by atoms with Gasteiger partial charge in [-0.2, -0.15) is 0 Å². The summed E-state index contributed by atoms with van der Waals surface area (Å²) in [5.74, 6) is -3.14. The van der Waals surface area contributed by atoms with Crippen LogP contribution in [0.5, 0.6) is 0 Å². The highest BCUT2D eigenvalue weighted by Crippen LogP contribution is 2.06. The minimum absolute atomic E-state index is 0.342. The number of esters is 2. The molecule has 0 saturated heterocycles. The van der Waals surface area contributed by atoms with Gasteiger partial charge >= 0.3 is 17.9 Å². The van der Waals surface area contributed by atoms with Crippen molar-refractivity contribution in [3.63, 3.8) is 0 Å². The highest BCUT2D eigenvalue weighted by atomic mass is 16.5. The van der Waals surface area contributed by atoms with E-state index in [-0.39, 0.29) is 5.57 Å². The highest BCUT2D eigenvalue weighted by Gasteiger charge is 2.16. The minimum Gasteiger partial charge on any atom is -0.481 e. The monoisotopic (exact) mass is 278 g/mol. The van der Waals surface area contributed by atoms with Crippen molar-refractivity contribution in [3.8, 4) is 0 Å². The molecule has 0 bridgehead atoms. The molecular formula is C14H14O6. The number of carboxylic acid groups (broad SMARTS) is 1. The number of aliphatic carboxylic acids is 1. The van der Waals surface area contributed by atoms with Gasteiger partial charge in [-0.3, -0.25) is 4.79 Å². The molecule has 20 heavy (non-hydrogen) atoms. The van der Waals surface area contributed by atoms with E-state index in [2.05, 4.69) is 20.9 Å². The van der Waals surface area contributed by atoms with Gasteiger partial charge in [-0.15, -0.1) is 0 Å². The zero-order valence-electron chi connectivity index (χ0n) is 11.1. The van der Waals surface area contributed by atoms with Crippen LogP contribution in [-0.4, -0.2) is 23.0 Å². The lowest BCUT2D eigenvalue weighted by Gasteiger charge is -2.01. The maximum Gasteiger partial charge on any atom is 0.340 e. The lowest BCUT2D eigenvalue weighted by molar-refractivity contribution is -0.140. The summed E-state index contributed by atoms with van der Waals surface area (Å²) in [7, 11) is 0. The Balaban J connectivity index is 4.98. The average Bonchev–Trinajstić information content (AvgIpc) is 2.38. The molecule has 0 aromatic rings. The summed E-state index contributed by atoms with van der Waals surface area (Å²) < 4.78 is 9.15. The Labute approximate surface area is 116 Å². The van der Waals surface area contributed by atoms with E-state index in [1.807, 2.05) is 0 Å². The first-order valence-electron chi connectivity index (χ1n) is 5.56. The van der Waals surface area contributed by atoms with Crippen LogP contribution in [0.1, 0.15) is 20.3 Å². The number of carbonyl (C=O) groups is 3. The van der Waals surface area contributed by atoms with Crippen molar-refractivity contribution in [2.24, 2.45) is 0 Å². The van der Waals surface area contributed by atoms with Gasteiger partial charge in [0.2, 0.25) is 0 Å². The van der Waals surface area contributed by atoms with Gasteiger partial charge in [0.05, 0.1) is 12.0 Å². The van der Waals surface area contributed by atoms with Crippen LogP contribution in [0.25, 0.3) is 0 Å². The molecule has 0 spiro atoms. The zero-order valence-corrected chi connectivity index (χ0v) is 11.1. The van der Waals surface area contributed by atoms with Gasteiger partial charge in [0.15, 0.2) is 0 Å². The third-order valence-electron chi connectivity index (χ3n) is 1.71. The fourth-order valence-corrected chi connectivity index (χ4v) is 0.913. The minimum atomic E-state index is -1.28. The Bertz CT molecular complexity index is 526. The predicted octanol–water partition coefficient (Wildman–Crippen LogP) is 1.85. The summed E-state index contributed by atoms with van der Waals surface area (Å²) in [4.78, 5) is 33.5. The van der Waals surface area contributed by atoms with Gasteiger partial charge in [-0.05, 0) is 26.0 Å². The van der Waals surface area contributed by atoms with Gasteiger partial charge in [0, 0.05) is 6.08 Å². The normalized spacial score (nSPS) is 9.40. The van der Waals surface area contributed by atoms with Crippen LogP contribution in [0.4, 0.5) is 0 Å². The van der Waals surface area contributed by atoms with Crippen molar-refractivity contribution in [1.29, 1.82) is 0 Å². The molecule has 0 aliphatic rings. The van der Waals surface area contributed by atoms with Crippen molar-refractivity contribution in [3.05, 3.63) is 47.8 Å². The number of carbonyl (C=O) groups excluding carboxylic acids is 2. The summed E-state index contributed by atoms with van der Waals surface area (Å²) in [6.07, 6.45) is 5.04. The second-order valence-corrected chi connectivity index (χ2v) is 3.23. The zero-order chi connectivity index (χ0) is 15.4. The van der Waals surface area contributed by atoms with Crippen LogP contribution >= 0.6 is 0 Å². The van der Waals surface area contributed by atoms with Crippen molar-refractivity contribution in [2.45, 2.75) is 20.3 Å². The molecule has 0 rings (SSSR count). The molecular weight excluding hydrogens is 264 g/mol. The van der Waals surface area contributed by atoms with Gasteiger partial charge in [-0.1, -0.05) is 11.5 Å². The fraction of sp³-hybridized carbons (Fsp3) is 0.214. The first kappa shape index (κ1) is 17.2. The van der Waals surface area contributed by atoms with Gasteiger partial charge in [0.25, 0.3) is 0 Å². The van der Waals surface area contributed by atoms with E-state index in [1.54, 1.807) is 13.8 Å². The maximum absolute atomic E-state index is 11.5. The SMILES string of the molecule is CC=C=COC(=O)C=C(CC(=O)O)C(=O)OC=C=CC. The molecule has 0 atom stereocenters. The van der Waals surface area contributed by atoms with E-state index < -0.39 is 24.3 Å². The van der Waals surface area contributed by atoms with E-state index in [1.165, 1.54) is 12.2 Å². The Hall–Kier alpha value is -2.81. The Morgan fingerprint density at radius 2 is 1.60 bits per heavy atom. The third-order valence-corrected chi connectivity index (χ3v) is 1.71. The lowest BCUT2D eigenvalue weighted by Crippen LogP contribution is -2.11. The van der Waals surface area contributed by atoms with Crippen LogP contribution in [0.3, 0.4) is 0 Å². The maximum atomic E-state index is 11.5. The predicted molar refractivity (Wildman–Crippen MR) is 69.2 cm³/mol. The highest BCUT2D eigenvalue weighted by molar-refractivity contribution is 5.99. The van der Waals surface area contributed by atoms with Crippen molar-refractivity contribution < 1.29 is 29.0 Å². The van der Waals surface area contributed by atoms with Crippen molar-refractivity contribution in [2.75, 3.05) is 0 Å². The van der Waals surface area contributed by atoms with E-state index >= 15 is 0 Å². The number of allylic oxidation sites excluding steroid dienone is 2. The lowest BCUT2D eigenvalue weighted by atomic mass is 10.2. The second-order valence-electron chi connectivity index (χ2n) is 3.23. The van der Waals surface area contributed by atoms with Gasteiger partial charge in [-0.25, -0.2) is 9.59 Å². The molecule has 0 aromatic heterocycles. The average molecular weight is 278 g/mol. The Morgan fingerprint density at radius 1 is 1.05 bits per heavy atom. The van der Waals surface area contributed by atoms with Crippen LogP contribution in [0.2, 0.25) is 0 Å². The van der Waals surface area contributed by atoms with E-state index in [9.17, 15) is 14.4 Å². The molecule has 0 aliphatic heterocycles. The van der Waals surface area contributed by atoms with E-state index in [4.69, 9.17) is 5.11 Å². The molecule has 0 unspecified atom stereocenters. The number of rotatable bonds is 6. The number of ether oxygens (including phenoxy) is 2. The molecule has 6 heteroatoms. The van der Waals surface area contributed by atoms with Crippen molar-refractivity contribution >= 4 is 17.9 Å². The fourth-order valence-electron chi connectivity index (χ4n) is 0.913. The molecule has 6 nitrogen and oxygen atoms in total. The molecule has 0 heterocycles. The van der Waals surface area contributed by atoms with Gasteiger partial charge in [0.1, 0.15) is 12.5 Å². The molecule has 0 amide bonds. The first-order chi connectivity index (χ1) is 9.51. The van der Waals surface area contributed by atoms with Crippen molar-refractivity contribution in [1.82, 2.24) is 0 Å². The Kier molecular flexibility index (Phi) is 8.72. The summed E-state index contributed by atoms with van der Waals surface area (Å²) >= 11 is 0. The Morgan fingerprint density at radius 3 is 2.10 bits per heavy atom. The molecule has 1 N–H and O–H groups in total. The van der Waals surface area contributed by atoms with Crippen LogP contribution in [0, 0.1) is 0 Å². The van der Waals surface area contributed by atoms with Crippen LogP contribution < -0.4 is 0 Å². The smallest absolute Gasteiger partial charge is 0.340 e. The number of carboxylic acids is 1. The third kappa shape index (κ3) is 8.31. The van der Waals surface area contributed by atoms with E-state index in [0.29, 0.717) is 0 Å². The molecule has 106 valence electrons. The first-order valence-corrected chi connectivity index (χ1v) is 5.56. The molecule has 0 aromatic carbocycles.